The number of aliphatic hydroxyl groups excluding tert-OH is 1. The van der Waals surface area contributed by atoms with Crippen LogP contribution in [0.15, 0.2) is 48.5 Å². The second-order valence-corrected chi connectivity index (χ2v) is 15.9. The van der Waals surface area contributed by atoms with E-state index in [4.69, 9.17) is 26.3 Å². The van der Waals surface area contributed by atoms with Crippen molar-refractivity contribution in [2.45, 2.75) is 70.6 Å². The molecule has 2 N–H and O–H groups in total. The predicted molar refractivity (Wildman–Crippen MR) is 208 cm³/mol. The molecule has 1 saturated carbocycles. The van der Waals surface area contributed by atoms with Crippen LogP contribution in [0.3, 0.4) is 0 Å². The van der Waals surface area contributed by atoms with Gasteiger partial charge in [0.15, 0.2) is 5.82 Å². The van der Waals surface area contributed by atoms with Crippen LogP contribution in [0.1, 0.15) is 71.7 Å². The van der Waals surface area contributed by atoms with E-state index < -0.39 is 5.97 Å². The summed E-state index contributed by atoms with van der Waals surface area (Å²) in [5.41, 5.74) is 8.44. The molecule has 12 heteroatoms. The highest BCUT2D eigenvalue weighted by molar-refractivity contribution is 6.36. The number of nitrogens with zero attached hydrogens (tertiary/aromatic N) is 6. The van der Waals surface area contributed by atoms with Gasteiger partial charge < -0.3 is 24.4 Å². The molecule has 0 radical (unpaired) electrons. The standard InChI is InChI=1S/C42H49ClN6O5/c1-46-37-18-21-47(19-15-26-9-11-27(12-10-26)42(52)53)25-35(37)44-39(46)41(51)49-22-17-31-30(5-4-8-36(31)49)32-6-3-7-33(38(32)43)34-14-13-28(40(45-34)54-2)23-48-20-16-29(50)24-48/h3-8,13-14,26-27,29,50H,9-12,15-25H2,1-2H3,(H,52,53)/t26?,27?,29-/m1/s1. The van der Waals surface area contributed by atoms with Crippen LogP contribution in [0.25, 0.3) is 22.4 Å². The summed E-state index contributed by atoms with van der Waals surface area (Å²) in [5, 5.41) is 19.9. The molecular formula is C42H49ClN6O5. The van der Waals surface area contributed by atoms with Gasteiger partial charge in [-0.3, -0.25) is 19.4 Å². The maximum Gasteiger partial charge on any atom is 0.306 e. The van der Waals surface area contributed by atoms with Crippen LogP contribution >= 0.6 is 11.6 Å². The number of amides is 1. The zero-order valence-corrected chi connectivity index (χ0v) is 31.9. The summed E-state index contributed by atoms with van der Waals surface area (Å²) in [5.74, 6) is 0.666. The number of ether oxygens (including phenoxy) is 1. The van der Waals surface area contributed by atoms with Crippen LogP contribution in [0.4, 0.5) is 5.69 Å². The maximum absolute atomic E-state index is 14.2. The van der Waals surface area contributed by atoms with Gasteiger partial charge >= 0.3 is 5.97 Å². The van der Waals surface area contributed by atoms with Crippen molar-refractivity contribution in [3.05, 3.63) is 81.9 Å². The van der Waals surface area contributed by atoms with Crippen molar-refractivity contribution in [2.24, 2.45) is 18.9 Å². The number of anilines is 1. The Morgan fingerprint density at radius 2 is 1.69 bits per heavy atom. The lowest BCUT2D eigenvalue weighted by Crippen LogP contribution is -2.33. The third-order valence-corrected chi connectivity index (χ3v) is 12.6. The van der Waals surface area contributed by atoms with Gasteiger partial charge in [0.05, 0.1) is 35.5 Å². The monoisotopic (exact) mass is 752 g/mol. The summed E-state index contributed by atoms with van der Waals surface area (Å²) in [6.07, 6.45) is 6.65. The average Bonchev–Trinajstić information content (AvgIpc) is 3.90. The summed E-state index contributed by atoms with van der Waals surface area (Å²) in [6.45, 7) is 5.32. The van der Waals surface area contributed by atoms with Gasteiger partial charge in [-0.2, -0.15) is 0 Å². The van der Waals surface area contributed by atoms with Crippen LogP contribution in [0.2, 0.25) is 5.02 Å². The van der Waals surface area contributed by atoms with E-state index in [0.29, 0.717) is 54.4 Å². The number of benzene rings is 2. The number of rotatable bonds is 10. The minimum absolute atomic E-state index is 0.0933. The van der Waals surface area contributed by atoms with Gasteiger partial charge in [-0.15, -0.1) is 0 Å². The minimum Gasteiger partial charge on any atom is -0.481 e. The largest absolute Gasteiger partial charge is 0.481 e. The smallest absolute Gasteiger partial charge is 0.306 e. The van der Waals surface area contributed by atoms with Crippen molar-refractivity contribution in [2.75, 3.05) is 44.7 Å². The van der Waals surface area contributed by atoms with Gasteiger partial charge in [0, 0.05) is 80.8 Å². The number of hydrogen-bond donors (Lipinski definition) is 2. The average molecular weight is 753 g/mol. The molecule has 0 bridgehead atoms. The number of halogens is 1. The Kier molecular flexibility index (Phi) is 10.5. The van der Waals surface area contributed by atoms with Crippen molar-refractivity contribution >= 4 is 29.2 Å². The molecule has 2 fully saturated rings. The van der Waals surface area contributed by atoms with Crippen LogP contribution < -0.4 is 9.64 Å². The number of imidazole rings is 1. The molecule has 2 aromatic heterocycles. The Morgan fingerprint density at radius 3 is 2.44 bits per heavy atom. The third-order valence-electron chi connectivity index (χ3n) is 12.2. The first-order valence-corrected chi connectivity index (χ1v) is 19.7. The van der Waals surface area contributed by atoms with Crippen LogP contribution in [0.5, 0.6) is 5.88 Å². The maximum atomic E-state index is 14.2. The molecule has 1 amide bonds. The molecule has 1 aliphatic carbocycles. The van der Waals surface area contributed by atoms with Crippen LogP contribution in [-0.2, 0) is 37.8 Å². The summed E-state index contributed by atoms with van der Waals surface area (Å²) < 4.78 is 7.70. The Hall–Kier alpha value is -4.29. The number of hydrogen-bond acceptors (Lipinski definition) is 8. The quantitative estimate of drug-likeness (QED) is 0.194. The number of β-amino-alcohol motifs (C(OH)–C–C–N with tert-alkyl or cyclic N) is 1. The number of aliphatic hydroxyl groups is 1. The van der Waals surface area contributed by atoms with E-state index in [1.165, 1.54) is 0 Å². The molecule has 4 aliphatic rings. The Labute approximate surface area is 321 Å². The molecule has 1 saturated heterocycles. The molecule has 0 unspecified atom stereocenters. The molecule has 0 spiro atoms. The fraction of sp³-hybridized carbons (Fsp3) is 0.476. The highest BCUT2D eigenvalue weighted by Crippen LogP contribution is 2.43. The van der Waals surface area contributed by atoms with E-state index in [9.17, 15) is 19.8 Å². The van der Waals surface area contributed by atoms with Crippen molar-refractivity contribution in [3.63, 3.8) is 0 Å². The third kappa shape index (κ3) is 7.14. The first-order chi connectivity index (χ1) is 26.2. The number of carboxylic acids is 1. The lowest BCUT2D eigenvalue weighted by molar-refractivity contribution is -0.143. The van der Waals surface area contributed by atoms with E-state index in [2.05, 4.69) is 15.9 Å². The number of carbonyl (C=O) groups excluding carboxylic acids is 1. The molecule has 2 aromatic carbocycles. The summed E-state index contributed by atoms with van der Waals surface area (Å²) in [6, 6.07) is 16.1. The fourth-order valence-electron chi connectivity index (χ4n) is 9.10. The molecule has 8 rings (SSSR count). The number of carbonyl (C=O) groups is 2. The molecule has 54 heavy (non-hydrogen) atoms. The molecule has 284 valence electrons. The zero-order chi connectivity index (χ0) is 37.5. The lowest BCUT2D eigenvalue weighted by atomic mass is 9.80. The zero-order valence-electron chi connectivity index (χ0n) is 31.1. The Balaban J connectivity index is 0.979. The summed E-state index contributed by atoms with van der Waals surface area (Å²) >= 11 is 7.20. The highest BCUT2D eigenvalue weighted by atomic mass is 35.5. The Morgan fingerprint density at radius 1 is 0.907 bits per heavy atom. The summed E-state index contributed by atoms with van der Waals surface area (Å²) in [7, 11) is 3.59. The number of methoxy groups -OCH3 is 1. The molecule has 1 atom stereocenters. The van der Waals surface area contributed by atoms with Crippen molar-refractivity contribution in [1.82, 2.24) is 24.3 Å². The predicted octanol–water partition coefficient (Wildman–Crippen LogP) is 6.22. The second-order valence-electron chi connectivity index (χ2n) is 15.5. The van der Waals surface area contributed by atoms with Crippen molar-refractivity contribution < 1.29 is 24.5 Å². The van der Waals surface area contributed by atoms with Gasteiger partial charge in [-0.05, 0) is 80.7 Å². The molecule has 4 aromatic rings. The summed E-state index contributed by atoms with van der Waals surface area (Å²) in [4.78, 5) is 41.9. The van der Waals surface area contributed by atoms with Gasteiger partial charge in [0.1, 0.15) is 0 Å². The minimum atomic E-state index is -0.654. The lowest BCUT2D eigenvalue weighted by Gasteiger charge is -2.30. The topological polar surface area (TPSA) is 124 Å². The van der Waals surface area contributed by atoms with Gasteiger partial charge in [0.25, 0.3) is 5.91 Å². The first-order valence-electron chi connectivity index (χ1n) is 19.4. The van der Waals surface area contributed by atoms with E-state index in [1.54, 1.807) is 7.11 Å². The number of likely N-dealkylation sites (tertiary alicyclic amines) is 1. The number of aromatic nitrogens is 3. The fourth-order valence-corrected chi connectivity index (χ4v) is 9.42. The van der Waals surface area contributed by atoms with Gasteiger partial charge in [-0.25, -0.2) is 9.97 Å². The SMILES string of the molecule is COc1nc(-c2cccc(-c3cccc4c3CCN4C(=O)c3nc4c(n3C)CCN(CCC3CCC(C(=O)O)CC3)C4)c2Cl)ccc1CN1CC[C@@H](O)C1. The van der Waals surface area contributed by atoms with E-state index in [0.717, 1.165) is 116 Å². The molecule has 5 heterocycles. The second kappa shape index (κ2) is 15.5. The number of pyridine rings is 1. The first kappa shape index (κ1) is 36.7. The highest BCUT2D eigenvalue weighted by Gasteiger charge is 2.33. The molecular weight excluding hydrogens is 704 g/mol. The molecule has 3 aliphatic heterocycles. The number of carboxylic acid groups (broad SMARTS) is 1. The number of aliphatic carboxylic acids is 1. The van der Waals surface area contributed by atoms with Crippen LogP contribution in [-0.4, -0.2) is 92.4 Å². The van der Waals surface area contributed by atoms with E-state index in [-0.39, 0.29) is 17.9 Å². The molecule has 11 nitrogen and oxygen atoms in total. The van der Waals surface area contributed by atoms with Crippen molar-refractivity contribution in [1.29, 1.82) is 0 Å². The van der Waals surface area contributed by atoms with Crippen molar-refractivity contribution in [3.8, 4) is 28.3 Å². The van der Waals surface area contributed by atoms with Crippen LogP contribution in [0, 0.1) is 11.8 Å². The van der Waals surface area contributed by atoms with Gasteiger partial charge in [0.2, 0.25) is 5.88 Å². The van der Waals surface area contributed by atoms with E-state index >= 15 is 0 Å². The Bertz CT molecular complexity index is 2060. The van der Waals surface area contributed by atoms with Gasteiger partial charge in [-0.1, -0.05) is 48.0 Å². The van der Waals surface area contributed by atoms with E-state index in [1.807, 2.05) is 59.0 Å². The number of fused-ring (bicyclic) bond motifs is 2. The normalized spacial score (nSPS) is 21.6.